The van der Waals surface area contributed by atoms with Crippen LogP contribution >= 0.6 is 15.9 Å². The van der Waals surface area contributed by atoms with E-state index < -0.39 is 5.97 Å². The summed E-state index contributed by atoms with van der Waals surface area (Å²) in [5.41, 5.74) is 1.38. The normalized spacial score (nSPS) is 16.0. The van der Waals surface area contributed by atoms with Crippen molar-refractivity contribution in [3.8, 4) is 0 Å². The van der Waals surface area contributed by atoms with Crippen LogP contribution in [-0.2, 0) is 11.3 Å². The van der Waals surface area contributed by atoms with Crippen LogP contribution in [0.5, 0.6) is 0 Å². The molecule has 1 aliphatic heterocycles. The standard InChI is InChI=1S/C15H21BrN2O3/c16-14-10-12(15(19)20)2-3-13(14)11-17-4-1-5-18-6-8-21-9-7-18/h2-3,10,17H,1,4-9,11H2,(H,19,20). The highest BCUT2D eigenvalue weighted by molar-refractivity contribution is 9.10. The number of nitrogens with zero attached hydrogens (tertiary/aromatic N) is 1. The van der Waals surface area contributed by atoms with E-state index in [2.05, 4.69) is 26.1 Å². The number of rotatable bonds is 7. The molecule has 0 amide bonds. The van der Waals surface area contributed by atoms with Crippen LogP contribution in [0, 0.1) is 0 Å². The van der Waals surface area contributed by atoms with Crippen molar-refractivity contribution in [3.63, 3.8) is 0 Å². The first-order valence-corrected chi connectivity index (χ1v) is 7.98. The Morgan fingerprint density at radius 1 is 1.38 bits per heavy atom. The molecule has 5 nitrogen and oxygen atoms in total. The number of benzene rings is 1. The van der Waals surface area contributed by atoms with Crippen molar-refractivity contribution in [1.82, 2.24) is 10.2 Å². The molecule has 0 saturated carbocycles. The van der Waals surface area contributed by atoms with Gasteiger partial charge in [-0.25, -0.2) is 4.79 Å². The highest BCUT2D eigenvalue weighted by atomic mass is 79.9. The van der Waals surface area contributed by atoms with Crippen molar-refractivity contribution >= 4 is 21.9 Å². The summed E-state index contributed by atoms with van der Waals surface area (Å²) < 4.78 is 6.16. The molecule has 6 heteroatoms. The lowest BCUT2D eigenvalue weighted by Gasteiger charge is -2.26. The maximum absolute atomic E-state index is 10.9. The molecule has 2 N–H and O–H groups in total. The van der Waals surface area contributed by atoms with Crippen LogP contribution in [0.3, 0.4) is 0 Å². The summed E-state index contributed by atoms with van der Waals surface area (Å²) >= 11 is 3.42. The number of morpholine rings is 1. The fourth-order valence-electron chi connectivity index (χ4n) is 2.30. The number of halogens is 1. The van der Waals surface area contributed by atoms with Gasteiger partial charge in [0.25, 0.3) is 0 Å². The summed E-state index contributed by atoms with van der Waals surface area (Å²) in [7, 11) is 0. The molecule has 1 aromatic carbocycles. The van der Waals surface area contributed by atoms with Gasteiger partial charge in [0.05, 0.1) is 18.8 Å². The zero-order chi connectivity index (χ0) is 15.1. The van der Waals surface area contributed by atoms with Crippen LogP contribution in [0.2, 0.25) is 0 Å². The van der Waals surface area contributed by atoms with E-state index in [4.69, 9.17) is 9.84 Å². The summed E-state index contributed by atoms with van der Waals surface area (Å²) in [6, 6.07) is 5.13. The van der Waals surface area contributed by atoms with Gasteiger partial charge in [-0.2, -0.15) is 0 Å². The lowest BCUT2D eigenvalue weighted by atomic mass is 10.1. The molecular weight excluding hydrogens is 336 g/mol. The Hall–Kier alpha value is -0.950. The molecule has 0 atom stereocenters. The highest BCUT2D eigenvalue weighted by Crippen LogP contribution is 2.18. The van der Waals surface area contributed by atoms with Crippen molar-refractivity contribution in [2.45, 2.75) is 13.0 Å². The monoisotopic (exact) mass is 356 g/mol. The number of aromatic carboxylic acids is 1. The number of ether oxygens (including phenoxy) is 1. The summed E-state index contributed by atoms with van der Waals surface area (Å²) in [5.74, 6) is -0.902. The number of nitrogens with one attached hydrogen (secondary N) is 1. The van der Waals surface area contributed by atoms with E-state index in [1.807, 2.05) is 6.07 Å². The SMILES string of the molecule is O=C(O)c1ccc(CNCCCN2CCOCC2)c(Br)c1. The zero-order valence-corrected chi connectivity index (χ0v) is 13.6. The van der Waals surface area contributed by atoms with Gasteiger partial charge in [0.15, 0.2) is 0 Å². The molecule has 1 aliphatic rings. The van der Waals surface area contributed by atoms with Gasteiger partial charge in [-0.05, 0) is 37.2 Å². The van der Waals surface area contributed by atoms with Gasteiger partial charge in [-0.15, -0.1) is 0 Å². The fraction of sp³-hybridized carbons (Fsp3) is 0.533. The van der Waals surface area contributed by atoms with E-state index >= 15 is 0 Å². The van der Waals surface area contributed by atoms with Crippen molar-refractivity contribution in [2.75, 3.05) is 39.4 Å². The minimum absolute atomic E-state index is 0.304. The van der Waals surface area contributed by atoms with E-state index in [-0.39, 0.29) is 0 Å². The summed E-state index contributed by atoms with van der Waals surface area (Å²) in [5, 5.41) is 12.3. The summed E-state index contributed by atoms with van der Waals surface area (Å²) in [6.07, 6.45) is 1.10. The van der Waals surface area contributed by atoms with Gasteiger partial charge in [-0.1, -0.05) is 22.0 Å². The number of carboxylic acid groups (broad SMARTS) is 1. The smallest absolute Gasteiger partial charge is 0.335 e. The van der Waals surface area contributed by atoms with Gasteiger partial charge < -0.3 is 15.2 Å². The lowest BCUT2D eigenvalue weighted by Crippen LogP contribution is -2.37. The predicted molar refractivity (Wildman–Crippen MR) is 84.7 cm³/mol. The van der Waals surface area contributed by atoms with Crippen LogP contribution in [0.15, 0.2) is 22.7 Å². The van der Waals surface area contributed by atoms with Gasteiger partial charge in [0.1, 0.15) is 0 Å². The van der Waals surface area contributed by atoms with Crippen LogP contribution in [-0.4, -0.2) is 55.4 Å². The molecule has 1 heterocycles. The number of carbonyl (C=O) groups is 1. The van der Waals surface area contributed by atoms with Crippen molar-refractivity contribution in [1.29, 1.82) is 0 Å². The second kappa shape index (κ2) is 8.48. The van der Waals surface area contributed by atoms with Crippen molar-refractivity contribution in [2.24, 2.45) is 0 Å². The van der Waals surface area contributed by atoms with Crippen LogP contribution < -0.4 is 5.32 Å². The molecule has 1 fully saturated rings. The first-order chi connectivity index (χ1) is 10.2. The predicted octanol–water partition coefficient (Wildman–Crippen LogP) is 1.96. The van der Waals surface area contributed by atoms with Gasteiger partial charge in [-0.3, -0.25) is 4.90 Å². The molecule has 0 aliphatic carbocycles. The maximum Gasteiger partial charge on any atom is 0.335 e. The first-order valence-electron chi connectivity index (χ1n) is 7.19. The molecule has 0 aromatic heterocycles. The number of hydrogen-bond acceptors (Lipinski definition) is 4. The third-order valence-corrected chi connectivity index (χ3v) is 4.29. The second-order valence-electron chi connectivity index (χ2n) is 5.10. The molecule has 0 radical (unpaired) electrons. The Kier molecular flexibility index (Phi) is 6.63. The Balaban J connectivity index is 1.67. The second-order valence-corrected chi connectivity index (χ2v) is 5.95. The average Bonchev–Trinajstić information content (AvgIpc) is 2.49. The Morgan fingerprint density at radius 3 is 2.81 bits per heavy atom. The van der Waals surface area contributed by atoms with Crippen molar-refractivity contribution < 1.29 is 14.6 Å². The Morgan fingerprint density at radius 2 is 2.14 bits per heavy atom. The molecule has 1 aromatic rings. The molecule has 0 unspecified atom stereocenters. The van der Waals surface area contributed by atoms with Crippen molar-refractivity contribution in [3.05, 3.63) is 33.8 Å². The molecule has 0 bridgehead atoms. The Labute approximate surface area is 133 Å². The quantitative estimate of drug-likeness (QED) is 0.731. The van der Waals surface area contributed by atoms with Gasteiger partial charge in [0, 0.05) is 24.1 Å². The highest BCUT2D eigenvalue weighted by Gasteiger charge is 2.09. The molecular formula is C15H21BrN2O3. The fourth-order valence-corrected chi connectivity index (χ4v) is 2.82. The maximum atomic E-state index is 10.9. The lowest BCUT2D eigenvalue weighted by molar-refractivity contribution is 0.0374. The van der Waals surface area contributed by atoms with E-state index in [1.54, 1.807) is 12.1 Å². The molecule has 2 rings (SSSR count). The topological polar surface area (TPSA) is 61.8 Å². The molecule has 1 saturated heterocycles. The van der Waals surface area contributed by atoms with E-state index in [0.29, 0.717) is 5.56 Å². The van der Waals surface area contributed by atoms with Crippen LogP contribution in [0.25, 0.3) is 0 Å². The van der Waals surface area contributed by atoms with E-state index in [1.165, 1.54) is 0 Å². The molecule has 0 spiro atoms. The zero-order valence-electron chi connectivity index (χ0n) is 12.0. The van der Waals surface area contributed by atoms with Gasteiger partial charge in [0.2, 0.25) is 0 Å². The molecule has 21 heavy (non-hydrogen) atoms. The molecule has 116 valence electrons. The summed E-state index contributed by atoms with van der Waals surface area (Å²) in [4.78, 5) is 13.3. The van der Waals surface area contributed by atoms with Crippen LogP contribution in [0.4, 0.5) is 0 Å². The average molecular weight is 357 g/mol. The minimum atomic E-state index is -0.902. The van der Waals surface area contributed by atoms with E-state index in [0.717, 1.165) is 62.4 Å². The summed E-state index contributed by atoms with van der Waals surface area (Å²) in [6.45, 7) is 6.53. The Bertz CT molecular complexity index is 476. The van der Waals surface area contributed by atoms with Crippen LogP contribution in [0.1, 0.15) is 22.3 Å². The third-order valence-electron chi connectivity index (χ3n) is 3.55. The number of hydrogen-bond donors (Lipinski definition) is 2. The largest absolute Gasteiger partial charge is 0.478 e. The minimum Gasteiger partial charge on any atom is -0.478 e. The van der Waals surface area contributed by atoms with Gasteiger partial charge >= 0.3 is 5.97 Å². The first kappa shape index (κ1) is 16.4. The third kappa shape index (κ3) is 5.39. The number of carboxylic acids is 1. The van der Waals surface area contributed by atoms with E-state index in [9.17, 15) is 4.79 Å².